The van der Waals surface area contributed by atoms with Crippen LogP contribution in [0.3, 0.4) is 0 Å². The zero-order valence-corrected chi connectivity index (χ0v) is 20.1. The molecule has 2 atom stereocenters. The van der Waals surface area contributed by atoms with Crippen molar-refractivity contribution in [2.75, 3.05) is 26.9 Å². The first-order valence-corrected chi connectivity index (χ1v) is 12.6. The Bertz CT molecular complexity index is 1170. The van der Waals surface area contributed by atoms with E-state index in [2.05, 4.69) is 5.32 Å². The number of fused-ring (bicyclic) bond motifs is 1. The number of hydrogen-bond acceptors (Lipinski definition) is 7. The SMILES string of the molecule is COCCn1c(S[C@H](C)C(=O)NC[C@H]2CCCO2)nc2scc(-c3ccc(F)cc3)c2c1=O. The number of benzene rings is 1. The fraction of sp³-hybridized carbons (Fsp3) is 0.435. The minimum absolute atomic E-state index is 0.0662. The Labute approximate surface area is 199 Å². The van der Waals surface area contributed by atoms with Crippen LogP contribution in [0.2, 0.25) is 0 Å². The van der Waals surface area contributed by atoms with Crippen LogP contribution in [0, 0.1) is 5.82 Å². The number of nitrogens with one attached hydrogen (secondary N) is 1. The van der Waals surface area contributed by atoms with E-state index >= 15 is 0 Å². The lowest BCUT2D eigenvalue weighted by molar-refractivity contribution is -0.120. The molecule has 1 N–H and O–H groups in total. The second kappa shape index (κ2) is 10.8. The second-order valence-electron chi connectivity index (χ2n) is 7.82. The van der Waals surface area contributed by atoms with E-state index in [-0.39, 0.29) is 23.4 Å². The first-order chi connectivity index (χ1) is 16.0. The van der Waals surface area contributed by atoms with Crippen LogP contribution in [0.4, 0.5) is 4.39 Å². The van der Waals surface area contributed by atoms with E-state index in [4.69, 9.17) is 14.5 Å². The summed E-state index contributed by atoms with van der Waals surface area (Å²) in [5, 5.41) is 5.31. The van der Waals surface area contributed by atoms with Crippen LogP contribution < -0.4 is 10.9 Å². The Balaban J connectivity index is 1.62. The highest BCUT2D eigenvalue weighted by molar-refractivity contribution is 8.00. The summed E-state index contributed by atoms with van der Waals surface area (Å²) in [5.74, 6) is -0.458. The fourth-order valence-corrected chi connectivity index (χ4v) is 5.64. The van der Waals surface area contributed by atoms with Crippen LogP contribution in [0.15, 0.2) is 39.6 Å². The highest BCUT2D eigenvalue weighted by Gasteiger charge is 2.23. The first kappa shape index (κ1) is 23.9. The monoisotopic (exact) mass is 491 g/mol. The molecule has 0 bridgehead atoms. The summed E-state index contributed by atoms with van der Waals surface area (Å²) >= 11 is 2.60. The van der Waals surface area contributed by atoms with Crippen LogP contribution in [0.1, 0.15) is 19.8 Å². The van der Waals surface area contributed by atoms with Crippen molar-refractivity contribution in [1.29, 1.82) is 0 Å². The normalized spacial score (nSPS) is 16.9. The summed E-state index contributed by atoms with van der Waals surface area (Å²) in [6.45, 7) is 3.66. The maximum absolute atomic E-state index is 13.5. The Morgan fingerprint density at radius 2 is 2.21 bits per heavy atom. The zero-order chi connectivity index (χ0) is 23.4. The molecule has 1 aliphatic heterocycles. The molecule has 7 nitrogen and oxygen atoms in total. The van der Waals surface area contributed by atoms with Gasteiger partial charge in [0.15, 0.2) is 5.16 Å². The van der Waals surface area contributed by atoms with Gasteiger partial charge in [-0.1, -0.05) is 23.9 Å². The van der Waals surface area contributed by atoms with Crippen LogP contribution in [0.5, 0.6) is 0 Å². The molecule has 0 aliphatic carbocycles. The summed E-state index contributed by atoms with van der Waals surface area (Å²) in [4.78, 5) is 31.4. The minimum Gasteiger partial charge on any atom is -0.383 e. The van der Waals surface area contributed by atoms with Crippen LogP contribution in [-0.4, -0.2) is 53.7 Å². The number of hydrogen-bond donors (Lipinski definition) is 1. The lowest BCUT2D eigenvalue weighted by Gasteiger charge is -2.17. The summed E-state index contributed by atoms with van der Waals surface area (Å²) < 4.78 is 25.7. The molecule has 1 aliphatic rings. The van der Waals surface area contributed by atoms with Crippen molar-refractivity contribution in [3.8, 4) is 11.1 Å². The van der Waals surface area contributed by atoms with Gasteiger partial charge >= 0.3 is 0 Å². The fourth-order valence-electron chi connectivity index (χ4n) is 3.69. The van der Waals surface area contributed by atoms with Crippen molar-refractivity contribution >= 4 is 39.2 Å². The minimum atomic E-state index is -0.443. The zero-order valence-electron chi connectivity index (χ0n) is 18.5. The van der Waals surface area contributed by atoms with Gasteiger partial charge in [0.05, 0.1) is 29.9 Å². The Hall–Kier alpha value is -2.27. The van der Waals surface area contributed by atoms with Crippen molar-refractivity contribution in [3.63, 3.8) is 0 Å². The number of carbonyl (C=O) groups excluding carboxylic acids is 1. The molecule has 1 amide bonds. The molecule has 4 rings (SSSR count). The van der Waals surface area contributed by atoms with Crippen LogP contribution >= 0.6 is 23.1 Å². The summed E-state index contributed by atoms with van der Waals surface area (Å²) in [7, 11) is 1.57. The lowest BCUT2D eigenvalue weighted by atomic mass is 10.1. The van der Waals surface area contributed by atoms with Crippen LogP contribution in [0.25, 0.3) is 21.3 Å². The molecule has 1 saturated heterocycles. The number of aromatic nitrogens is 2. The van der Waals surface area contributed by atoms with E-state index in [0.29, 0.717) is 35.1 Å². The van der Waals surface area contributed by atoms with Crippen molar-refractivity contribution in [2.24, 2.45) is 0 Å². The smallest absolute Gasteiger partial charge is 0.263 e. The van der Waals surface area contributed by atoms with E-state index in [9.17, 15) is 14.0 Å². The van der Waals surface area contributed by atoms with Crippen LogP contribution in [-0.2, 0) is 20.8 Å². The maximum Gasteiger partial charge on any atom is 0.263 e. The van der Waals surface area contributed by atoms with Crippen molar-refractivity contribution in [3.05, 3.63) is 45.8 Å². The van der Waals surface area contributed by atoms with E-state index in [1.54, 1.807) is 30.7 Å². The number of nitrogens with zero attached hydrogens (tertiary/aromatic N) is 2. The molecule has 3 aromatic rings. The number of halogens is 1. The Kier molecular flexibility index (Phi) is 7.79. The molecule has 0 spiro atoms. The molecule has 1 aromatic carbocycles. The van der Waals surface area contributed by atoms with Gasteiger partial charge in [0.25, 0.3) is 5.56 Å². The van der Waals surface area contributed by atoms with E-state index in [1.165, 1.54) is 35.2 Å². The van der Waals surface area contributed by atoms with E-state index < -0.39 is 5.25 Å². The molecule has 33 heavy (non-hydrogen) atoms. The highest BCUT2D eigenvalue weighted by Crippen LogP contribution is 2.33. The second-order valence-corrected chi connectivity index (χ2v) is 9.99. The number of thiophene rings is 1. The van der Waals surface area contributed by atoms with E-state index in [0.717, 1.165) is 30.6 Å². The number of thioether (sulfide) groups is 1. The van der Waals surface area contributed by atoms with Gasteiger partial charge in [-0.15, -0.1) is 11.3 Å². The summed E-state index contributed by atoms with van der Waals surface area (Å²) in [6, 6.07) is 6.05. The van der Waals surface area contributed by atoms with Gasteiger partial charge in [0.2, 0.25) is 5.91 Å². The molecule has 0 radical (unpaired) electrons. The third-order valence-corrected chi connectivity index (χ3v) is 7.47. The molecular formula is C23H26FN3O4S2. The Morgan fingerprint density at radius 1 is 1.42 bits per heavy atom. The third-order valence-electron chi connectivity index (χ3n) is 5.51. The highest BCUT2D eigenvalue weighted by atomic mass is 32.2. The topological polar surface area (TPSA) is 82.4 Å². The Morgan fingerprint density at radius 3 is 2.91 bits per heavy atom. The first-order valence-electron chi connectivity index (χ1n) is 10.8. The number of methoxy groups -OCH3 is 1. The molecule has 2 aromatic heterocycles. The molecule has 3 heterocycles. The third kappa shape index (κ3) is 5.46. The molecule has 0 saturated carbocycles. The molecule has 1 fully saturated rings. The van der Waals surface area contributed by atoms with Crippen molar-refractivity contribution < 1.29 is 18.7 Å². The largest absolute Gasteiger partial charge is 0.383 e. The number of carbonyl (C=O) groups is 1. The van der Waals surface area contributed by atoms with Gasteiger partial charge in [-0.25, -0.2) is 9.37 Å². The number of ether oxygens (including phenoxy) is 2. The average molecular weight is 492 g/mol. The predicted octanol–water partition coefficient (Wildman–Crippen LogP) is 3.69. The summed E-state index contributed by atoms with van der Waals surface area (Å²) in [5.41, 5.74) is 1.27. The molecule has 10 heteroatoms. The van der Waals surface area contributed by atoms with Gasteiger partial charge in [0, 0.05) is 31.2 Å². The standard InChI is InChI=1S/C23H26FN3O4S2/c1-14(20(28)25-12-17-4-3-10-31-17)33-23-26-21-19(22(29)27(23)9-11-30-2)18(13-32-21)15-5-7-16(24)8-6-15/h5-8,13-14,17H,3-4,9-12H2,1-2H3,(H,25,28)/t14-,17-/m1/s1. The predicted molar refractivity (Wildman–Crippen MR) is 128 cm³/mol. The van der Waals surface area contributed by atoms with Gasteiger partial charge in [-0.2, -0.15) is 0 Å². The lowest BCUT2D eigenvalue weighted by Crippen LogP contribution is -2.37. The van der Waals surface area contributed by atoms with Gasteiger partial charge in [0.1, 0.15) is 10.6 Å². The van der Waals surface area contributed by atoms with Gasteiger partial charge in [-0.05, 0) is 37.5 Å². The molecule has 176 valence electrons. The van der Waals surface area contributed by atoms with Crippen molar-refractivity contribution in [2.45, 2.75) is 42.8 Å². The number of rotatable bonds is 9. The van der Waals surface area contributed by atoms with Gasteiger partial charge < -0.3 is 14.8 Å². The number of amides is 1. The van der Waals surface area contributed by atoms with Crippen molar-refractivity contribution in [1.82, 2.24) is 14.9 Å². The average Bonchev–Trinajstić information content (AvgIpc) is 3.48. The van der Waals surface area contributed by atoms with Gasteiger partial charge in [-0.3, -0.25) is 14.2 Å². The maximum atomic E-state index is 13.5. The summed E-state index contributed by atoms with van der Waals surface area (Å²) in [6.07, 6.45) is 2.03. The quantitative estimate of drug-likeness (QED) is 0.363. The van der Waals surface area contributed by atoms with E-state index in [1.807, 2.05) is 5.38 Å². The molecular weight excluding hydrogens is 465 g/mol. The molecule has 0 unspecified atom stereocenters.